The molecule has 1 heterocycles. The molecule has 1 saturated heterocycles. The minimum Gasteiger partial charge on any atom is -0.493 e. The van der Waals surface area contributed by atoms with Crippen molar-refractivity contribution < 1.29 is 22.7 Å². The Morgan fingerprint density at radius 2 is 1.85 bits per heavy atom. The number of sulfonamides is 1. The summed E-state index contributed by atoms with van der Waals surface area (Å²) in [7, 11) is 1.22. The Labute approximate surface area is 161 Å². The fraction of sp³-hybridized carbons (Fsp3) is 0.611. The molecule has 1 aromatic rings. The first-order chi connectivity index (χ1) is 12.9. The Balaban J connectivity index is 1.95. The molecule has 0 spiro atoms. The molecular weight excluding hydrogens is 370 g/mol. The van der Waals surface area contributed by atoms with Crippen molar-refractivity contribution in [3.05, 3.63) is 18.2 Å². The molecule has 152 valence electrons. The maximum Gasteiger partial charge on any atom is 0.243 e. The normalized spacial score (nSPS) is 16.1. The average molecular weight is 400 g/mol. The largest absolute Gasteiger partial charge is 0.493 e. The zero-order chi connectivity index (χ0) is 19.9. The third kappa shape index (κ3) is 5.57. The summed E-state index contributed by atoms with van der Waals surface area (Å²) in [5.41, 5.74) is 0. The Morgan fingerprint density at radius 1 is 1.19 bits per heavy atom. The van der Waals surface area contributed by atoms with Crippen LogP contribution in [-0.4, -0.2) is 65.6 Å². The summed E-state index contributed by atoms with van der Waals surface area (Å²) in [4.78, 5) is 12.1. The number of nitrogens with zero attached hydrogens (tertiary/aromatic N) is 1. The average Bonchev–Trinajstić information content (AvgIpc) is 2.68. The predicted molar refractivity (Wildman–Crippen MR) is 103 cm³/mol. The van der Waals surface area contributed by atoms with Gasteiger partial charge in [-0.3, -0.25) is 4.79 Å². The summed E-state index contributed by atoms with van der Waals surface area (Å²) in [6.07, 6.45) is 2.47. The molecule has 1 aliphatic heterocycles. The second-order valence-corrected chi connectivity index (χ2v) is 8.41. The van der Waals surface area contributed by atoms with E-state index >= 15 is 0 Å². The molecule has 0 aromatic heterocycles. The summed E-state index contributed by atoms with van der Waals surface area (Å²) in [6.45, 7) is 1.55. The minimum atomic E-state index is -3.61. The van der Waals surface area contributed by atoms with Crippen LogP contribution in [0.5, 0.6) is 11.5 Å². The van der Waals surface area contributed by atoms with E-state index in [-0.39, 0.29) is 16.8 Å². The number of ether oxygens (including phenoxy) is 2. The third-order valence-electron chi connectivity index (χ3n) is 4.64. The highest BCUT2D eigenvalue weighted by Gasteiger charge is 2.30. The Hall–Kier alpha value is -1.84. The highest BCUT2D eigenvalue weighted by Crippen LogP contribution is 2.31. The van der Waals surface area contributed by atoms with Crippen LogP contribution in [0.1, 0.15) is 25.7 Å². The van der Waals surface area contributed by atoms with E-state index in [4.69, 9.17) is 9.47 Å². The molecule has 2 N–H and O–H groups in total. The zero-order valence-electron chi connectivity index (χ0n) is 16.2. The van der Waals surface area contributed by atoms with Gasteiger partial charge in [-0.15, -0.1) is 0 Å². The zero-order valence-corrected chi connectivity index (χ0v) is 17.0. The second-order valence-electron chi connectivity index (χ2n) is 6.47. The van der Waals surface area contributed by atoms with Gasteiger partial charge in [-0.1, -0.05) is 0 Å². The standard InChI is InChI=1S/C18H29N3O5S/c1-19-10-4-5-18(22)20-14-8-11-21(12-9-14)27(23,24)15-6-7-16(25-2)17(13-15)26-3/h6-7,13-14,19H,4-5,8-12H2,1-3H3,(H,20,22). The second kappa shape index (κ2) is 9.91. The van der Waals surface area contributed by atoms with Crippen molar-refractivity contribution in [2.45, 2.75) is 36.6 Å². The van der Waals surface area contributed by atoms with Gasteiger partial charge in [-0.25, -0.2) is 8.42 Å². The van der Waals surface area contributed by atoms with Crippen molar-refractivity contribution >= 4 is 15.9 Å². The molecule has 27 heavy (non-hydrogen) atoms. The summed E-state index contributed by atoms with van der Waals surface area (Å²) < 4.78 is 37.6. The van der Waals surface area contributed by atoms with Crippen molar-refractivity contribution in [1.29, 1.82) is 0 Å². The summed E-state index contributed by atoms with van der Waals surface area (Å²) >= 11 is 0. The van der Waals surface area contributed by atoms with E-state index < -0.39 is 10.0 Å². The van der Waals surface area contributed by atoms with Crippen LogP contribution >= 0.6 is 0 Å². The fourth-order valence-corrected chi connectivity index (χ4v) is 4.58. The molecule has 2 rings (SSSR count). The SMILES string of the molecule is CNCCCC(=O)NC1CCN(S(=O)(=O)c2ccc(OC)c(OC)c2)CC1. The maximum atomic E-state index is 12.9. The molecule has 1 fully saturated rings. The molecule has 0 bridgehead atoms. The number of carbonyl (C=O) groups excluding carboxylic acids is 1. The van der Waals surface area contributed by atoms with E-state index in [1.54, 1.807) is 6.07 Å². The number of amides is 1. The van der Waals surface area contributed by atoms with Crippen LogP contribution in [0.3, 0.4) is 0 Å². The van der Waals surface area contributed by atoms with Crippen LogP contribution in [0, 0.1) is 0 Å². The van der Waals surface area contributed by atoms with Crippen LogP contribution in [0.4, 0.5) is 0 Å². The van der Waals surface area contributed by atoms with Gasteiger partial charge in [0.25, 0.3) is 0 Å². The lowest BCUT2D eigenvalue weighted by Crippen LogP contribution is -2.46. The van der Waals surface area contributed by atoms with Crippen molar-refractivity contribution in [3.8, 4) is 11.5 Å². The van der Waals surface area contributed by atoms with Gasteiger partial charge < -0.3 is 20.1 Å². The van der Waals surface area contributed by atoms with Crippen LogP contribution in [0.2, 0.25) is 0 Å². The van der Waals surface area contributed by atoms with Gasteiger partial charge in [-0.05, 0) is 45.0 Å². The van der Waals surface area contributed by atoms with Crippen molar-refractivity contribution in [3.63, 3.8) is 0 Å². The summed E-state index contributed by atoms with van der Waals surface area (Å²) in [6, 6.07) is 4.60. The highest BCUT2D eigenvalue weighted by atomic mass is 32.2. The molecule has 0 atom stereocenters. The number of benzene rings is 1. The molecular formula is C18H29N3O5S. The lowest BCUT2D eigenvalue weighted by atomic mass is 10.1. The molecule has 1 amide bonds. The quantitative estimate of drug-likeness (QED) is 0.601. The van der Waals surface area contributed by atoms with Gasteiger partial charge >= 0.3 is 0 Å². The Kier molecular flexibility index (Phi) is 7.88. The minimum absolute atomic E-state index is 0.0175. The third-order valence-corrected chi connectivity index (χ3v) is 6.54. The summed E-state index contributed by atoms with van der Waals surface area (Å²) in [5, 5.41) is 6.01. The van der Waals surface area contributed by atoms with Gasteiger partial charge in [0.1, 0.15) is 0 Å². The van der Waals surface area contributed by atoms with Gasteiger partial charge in [0.15, 0.2) is 11.5 Å². The molecule has 9 heteroatoms. The van der Waals surface area contributed by atoms with Crippen LogP contribution in [0.15, 0.2) is 23.1 Å². The van der Waals surface area contributed by atoms with E-state index in [0.29, 0.717) is 43.9 Å². The number of rotatable bonds is 9. The van der Waals surface area contributed by atoms with E-state index in [9.17, 15) is 13.2 Å². The molecule has 0 saturated carbocycles. The van der Waals surface area contributed by atoms with Gasteiger partial charge in [0.05, 0.1) is 19.1 Å². The topological polar surface area (TPSA) is 97.0 Å². The number of carbonyl (C=O) groups is 1. The molecule has 1 aromatic carbocycles. The lowest BCUT2D eigenvalue weighted by Gasteiger charge is -2.31. The summed E-state index contributed by atoms with van der Waals surface area (Å²) in [5.74, 6) is 0.880. The first-order valence-corrected chi connectivity index (χ1v) is 10.5. The smallest absolute Gasteiger partial charge is 0.243 e. The fourth-order valence-electron chi connectivity index (χ4n) is 3.09. The van der Waals surface area contributed by atoms with Crippen molar-refractivity contribution in [2.24, 2.45) is 0 Å². The van der Waals surface area contributed by atoms with E-state index in [1.807, 2.05) is 7.05 Å². The first-order valence-electron chi connectivity index (χ1n) is 9.08. The number of hydrogen-bond acceptors (Lipinski definition) is 6. The van der Waals surface area contributed by atoms with Crippen LogP contribution in [-0.2, 0) is 14.8 Å². The highest BCUT2D eigenvalue weighted by molar-refractivity contribution is 7.89. The first kappa shape index (κ1) is 21.5. The maximum absolute atomic E-state index is 12.9. The number of hydrogen-bond donors (Lipinski definition) is 2. The van der Waals surface area contributed by atoms with Gasteiger partial charge in [-0.2, -0.15) is 4.31 Å². The molecule has 0 radical (unpaired) electrons. The number of nitrogens with one attached hydrogen (secondary N) is 2. The monoisotopic (exact) mass is 399 g/mol. The molecule has 1 aliphatic rings. The van der Waals surface area contributed by atoms with Gasteiger partial charge in [0.2, 0.25) is 15.9 Å². The van der Waals surface area contributed by atoms with Gasteiger partial charge in [0, 0.05) is 31.6 Å². The van der Waals surface area contributed by atoms with Crippen LogP contribution in [0.25, 0.3) is 0 Å². The molecule has 0 unspecified atom stereocenters. The molecule has 0 aliphatic carbocycles. The molecule has 8 nitrogen and oxygen atoms in total. The predicted octanol–water partition coefficient (Wildman–Crippen LogP) is 0.973. The van der Waals surface area contributed by atoms with E-state index in [2.05, 4.69) is 10.6 Å². The number of piperidine rings is 1. The van der Waals surface area contributed by atoms with Crippen LogP contribution < -0.4 is 20.1 Å². The van der Waals surface area contributed by atoms with E-state index in [1.165, 1.54) is 30.7 Å². The van der Waals surface area contributed by atoms with Crippen molar-refractivity contribution in [1.82, 2.24) is 14.9 Å². The lowest BCUT2D eigenvalue weighted by molar-refractivity contribution is -0.122. The van der Waals surface area contributed by atoms with Crippen molar-refractivity contribution in [2.75, 3.05) is 40.9 Å². The Bertz CT molecular complexity index is 731. The number of methoxy groups -OCH3 is 2. The van der Waals surface area contributed by atoms with E-state index in [0.717, 1.165) is 13.0 Å². The Morgan fingerprint density at radius 3 is 2.44 bits per heavy atom.